The third kappa shape index (κ3) is 6.28. The van der Waals surface area contributed by atoms with Crippen molar-refractivity contribution >= 4 is 46.6 Å². The number of halogens is 1. The largest absolute Gasteiger partial charge is 0.478 e. The molecule has 1 aromatic heterocycles. The predicted molar refractivity (Wildman–Crippen MR) is 147 cm³/mol. The van der Waals surface area contributed by atoms with Crippen LogP contribution in [0.1, 0.15) is 46.2 Å². The molecule has 13 nitrogen and oxygen atoms in total. The summed E-state index contributed by atoms with van der Waals surface area (Å²) in [5.41, 5.74) is 2.04. The quantitative estimate of drug-likeness (QED) is 0.289. The van der Waals surface area contributed by atoms with Crippen LogP contribution in [0.5, 0.6) is 0 Å². The molecule has 0 aliphatic carbocycles. The summed E-state index contributed by atoms with van der Waals surface area (Å²) < 4.78 is 20.1. The van der Waals surface area contributed by atoms with Crippen molar-refractivity contribution in [2.75, 3.05) is 37.7 Å². The predicted octanol–water partition coefficient (Wildman–Crippen LogP) is 2.66. The molecule has 2 aromatic carbocycles. The van der Waals surface area contributed by atoms with E-state index < -0.39 is 23.8 Å². The molecule has 1 saturated heterocycles. The van der Waals surface area contributed by atoms with E-state index in [0.717, 1.165) is 10.2 Å². The third-order valence-electron chi connectivity index (χ3n) is 6.84. The number of piperazine rings is 1. The number of benzene rings is 2. The Kier molecular flexibility index (Phi) is 8.96. The molecule has 42 heavy (non-hydrogen) atoms. The zero-order valence-corrected chi connectivity index (χ0v) is 22.7. The molecule has 14 heteroatoms. The number of hydrogen-bond acceptors (Lipinski definition) is 9. The maximum absolute atomic E-state index is 13.9. The number of imide groups is 1. The zero-order chi connectivity index (χ0) is 30.6. The van der Waals surface area contributed by atoms with E-state index >= 15 is 0 Å². The van der Waals surface area contributed by atoms with Crippen molar-refractivity contribution in [3.8, 4) is 0 Å². The summed E-state index contributed by atoms with van der Waals surface area (Å²) in [5, 5.41) is 23.1. The Morgan fingerprint density at radius 3 is 2.33 bits per heavy atom. The minimum Gasteiger partial charge on any atom is -0.478 e. The average Bonchev–Trinajstić information content (AvgIpc) is 3.48. The fourth-order valence-corrected chi connectivity index (χ4v) is 4.88. The van der Waals surface area contributed by atoms with Crippen molar-refractivity contribution in [2.24, 2.45) is 0 Å². The highest BCUT2D eigenvalue weighted by atomic mass is 19.1. The van der Waals surface area contributed by atoms with Gasteiger partial charge in [0.15, 0.2) is 5.82 Å². The van der Waals surface area contributed by atoms with Gasteiger partial charge in [-0.1, -0.05) is 12.1 Å². The van der Waals surface area contributed by atoms with E-state index in [0.29, 0.717) is 66.2 Å². The standard InChI is InChI=1S/C24H24FN5O4.C4H4O4/c1-3-34-24(33)30-19-13-15(25)7-8-17(19)21(27-30)29-11-9-28(10-12-29)14(2)16-5-4-6-18-20(16)23(32)26-22(18)31;5-3(6)1-2-4(7)8/h4-8,13-14H,3,9-12H2,1-2H3,(H,26,31,32);1-2H,(H,5,6)(H,7,8). The number of carboxylic acid groups (broad SMARTS) is 2. The Balaban J connectivity index is 0.000000446. The van der Waals surface area contributed by atoms with Crippen LogP contribution in [0.3, 0.4) is 0 Å². The summed E-state index contributed by atoms with van der Waals surface area (Å²) in [5.74, 6) is -3.09. The molecule has 5 rings (SSSR count). The highest BCUT2D eigenvalue weighted by Crippen LogP contribution is 2.32. The Labute approximate surface area is 238 Å². The van der Waals surface area contributed by atoms with Crippen molar-refractivity contribution < 1.29 is 43.3 Å². The van der Waals surface area contributed by atoms with Crippen LogP contribution in [-0.4, -0.2) is 87.5 Å². The number of aliphatic carboxylic acids is 2. The van der Waals surface area contributed by atoms with Gasteiger partial charge in [-0.15, -0.1) is 5.10 Å². The topological polar surface area (TPSA) is 171 Å². The zero-order valence-electron chi connectivity index (χ0n) is 22.7. The van der Waals surface area contributed by atoms with Crippen LogP contribution in [-0.2, 0) is 14.3 Å². The van der Waals surface area contributed by atoms with Gasteiger partial charge in [0.25, 0.3) is 11.8 Å². The number of ether oxygens (including phenoxy) is 1. The number of anilines is 1. The first-order valence-electron chi connectivity index (χ1n) is 13.0. The van der Waals surface area contributed by atoms with Gasteiger partial charge < -0.3 is 19.8 Å². The number of carbonyl (C=O) groups excluding carboxylic acids is 3. The Hall–Kier alpha value is -5.11. The molecule has 0 saturated carbocycles. The van der Waals surface area contributed by atoms with Crippen molar-refractivity contribution in [2.45, 2.75) is 19.9 Å². The molecule has 2 amide bonds. The van der Waals surface area contributed by atoms with Gasteiger partial charge >= 0.3 is 18.0 Å². The molecular weight excluding hydrogens is 553 g/mol. The fraction of sp³-hybridized carbons (Fsp3) is 0.286. The van der Waals surface area contributed by atoms with Gasteiger partial charge in [-0.25, -0.2) is 18.8 Å². The summed E-state index contributed by atoms with van der Waals surface area (Å²) in [6, 6.07) is 9.53. The first-order chi connectivity index (χ1) is 20.0. The second-order valence-electron chi connectivity index (χ2n) is 9.36. The number of nitrogens with one attached hydrogen (secondary N) is 1. The second-order valence-corrected chi connectivity index (χ2v) is 9.36. The number of hydrogen-bond donors (Lipinski definition) is 3. The lowest BCUT2D eigenvalue weighted by atomic mass is 9.96. The summed E-state index contributed by atoms with van der Waals surface area (Å²) in [7, 11) is 0. The number of aromatic nitrogens is 2. The number of carboxylic acids is 2. The second kappa shape index (κ2) is 12.6. The number of fused-ring (bicyclic) bond motifs is 2. The van der Waals surface area contributed by atoms with E-state index in [1.165, 1.54) is 12.1 Å². The number of carbonyl (C=O) groups is 5. The van der Waals surface area contributed by atoms with Gasteiger partial charge in [-0.2, -0.15) is 4.68 Å². The van der Waals surface area contributed by atoms with E-state index in [9.17, 15) is 28.4 Å². The van der Waals surface area contributed by atoms with Gasteiger partial charge in [0.1, 0.15) is 5.82 Å². The number of amides is 2. The van der Waals surface area contributed by atoms with Crippen LogP contribution in [0.4, 0.5) is 15.0 Å². The molecule has 3 aromatic rings. The molecule has 1 fully saturated rings. The third-order valence-corrected chi connectivity index (χ3v) is 6.84. The van der Waals surface area contributed by atoms with Crippen molar-refractivity contribution in [3.05, 3.63) is 71.1 Å². The number of nitrogens with zero attached hydrogens (tertiary/aromatic N) is 4. The molecule has 0 bridgehead atoms. The summed E-state index contributed by atoms with van der Waals surface area (Å²) >= 11 is 0. The summed E-state index contributed by atoms with van der Waals surface area (Å²) in [6.45, 7) is 6.51. The molecule has 3 heterocycles. The van der Waals surface area contributed by atoms with Gasteiger partial charge in [0, 0.05) is 55.8 Å². The van der Waals surface area contributed by atoms with Crippen LogP contribution in [0.15, 0.2) is 48.6 Å². The first kappa shape index (κ1) is 29.9. The van der Waals surface area contributed by atoms with Gasteiger partial charge in [-0.05, 0) is 37.6 Å². The van der Waals surface area contributed by atoms with Crippen molar-refractivity contribution in [1.82, 2.24) is 20.0 Å². The lowest BCUT2D eigenvalue weighted by molar-refractivity contribution is -0.134. The molecule has 2 aliphatic heterocycles. The van der Waals surface area contributed by atoms with E-state index in [1.807, 2.05) is 13.0 Å². The van der Waals surface area contributed by atoms with E-state index in [2.05, 4.69) is 20.2 Å². The fourth-order valence-electron chi connectivity index (χ4n) is 4.88. The highest BCUT2D eigenvalue weighted by Gasteiger charge is 2.33. The van der Waals surface area contributed by atoms with Gasteiger partial charge in [0.2, 0.25) is 0 Å². The molecular formula is C28H28FN5O8. The SMILES string of the molecule is CCOC(=O)n1nc(N2CCN(C(C)c3cccc4c3C(=O)NC4=O)CC2)c2ccc(F)cc21.O=C(O)C=CC(=O)O. The molecule has 0 spiro atoms. The Bertz CT molecular complexity index is 1580. The van der Waals surface area contributed by atoms with E-state index in [1.54, 1.807) is 25.1 Å². The lowest BCUT2D eigenvalue weighted by Gasteiger charge is -2.38. The van der Waals surface area contributed by atoms with Crippen LogP contribution < -0.4 is 10.2 Å². The summed E-state index contributed by atoms with van der Waals surface area (Å²) in [6.07, 6.45) is 0.465. The van der Waals surface area contributed by atoms with Crippen LogP contribution in [0.25, 0.3) is 10.9 Å². The molecule has 1 atom stereocenters. The minimum absolute atomic E-state index is 0.0725. The Morgan fingerprint density at radius 2 is 1.71 bits per heavy atom. The monoisotopic (exact) mass is 581 g/mol. The maximum Gasteiger partial charge on any atom is 0.435 e. The normalized spacial score (nSPS) is 15.6. The van der Waals surface area contributed by atoms with Crippen molar-refractivity contribution in [1.29, 1.82) is 0 Å². The van der Waals surface area contributed by atoms with Crippen molar-refractivity contribution in [3.63, 3.8) is 0 Å². The first-order valence-corrected chi connectivity index (χ1v) is 13.0. The van der Waals surface area contributed by atoms with Crippen LogP contribution in [0.2, 0.25) is 0 Å². The molecule has 3 N–H and O–H groups in total. The maximum atomic E-state index is 13.9. The Morgan fingerprint density at radius 1 is 1.05 bits per heavy atom. The number of rotatable bonds is 6. The lowest BCUT2D eigenvalue weighted by Crippen LogP contribution is -2.47. The summed E-state index contributed by atoms with van der Waals surface area (Å²) in [4.78, 5) is 60.2. The molecule has 0 radical (unpaired) electrons. The van der Waals surface area contributed by atoms with Gasteiger partial charge in [-0.3, -0.25) is 19.8 Å². The highest BCUT2D eigenvalue weighted by molar-refractivity contribution is 6.22. The van der Waals surface area contributed by atoms with Crippen LogP contribution >= 0.6 is 0 Å². The molecule has 2 aliphatic rings. The molecule has 1 unspecified atom stereocenters. The van der Waals surface area contributed by atoms with Crippen LogP contribution in [0, 0.1) is 5.82 Å². The minimum atomic E-state index is -1.26. The average molecular weight is 582 g/mol. The molecule has 220 valence electrons. The smallest absolute Gasteiger partial charge is 0.435 e. The van der Waals surface area contributed by atoms with E-state index in [4.69, 9.17) is 14.9 Å². The van der Waals surface area contributed by atoms with E-state index in [-0.39, 0.29) is 24.5 Å². The van der Waals surface area contributed by atoms with Gasteiger partial charge in [0.05, 0.1) is 23.3 Å².